The number of nitrogens with zero attached hydrogens (tertiary/aromatic N) is 2. The second kappa shape index (κ2) is 7.00. The van der Waals surface area contributed by atoms with E-state index in [4.69, 9.17) is 11.6 Å². The number of hydrogen-bond donors (Lipinski definition) is 1. The fourth-order valence-corrected chi connectivity index (χ4v) is 3.53. The van der Waals surface area contributed by atoms with Crippen LogP contribution in [0.15, 0.2) is 60.9 Å². The van der Waals surface area contributed by atoms with Crippen molar-refractivity contribution in [2.75, 3.05) is 5.32 Å². The summed E-state index contributed by atoms with van der Waals surface area (Å²) in [6, 6.07) is 14.5. The molecule has 2 aromatic carbocycles. The average molecular weight is 380 g/mol. The number of amides is 1. The summed E-state index contributed by atoms with van der Waals surface area (Å²) in [5.74, 6) is 0.304. The predicted molar refractivity (Wildman–Crippen MR) is 104 cm³/mol. The Balaban J connectivity index is 1.41. The first-order valence-electron chi connectivity index (χ1n) is 8.72. The highest BCUT2D eigenvalue weighted by Gasteiger charge is 2.44. The molecule has 2 unspecified atom stereocenters. The van der Waals surface area contributed by atoms with Gasteiger partial charge in [-0.25, -0.2) is 4.98 Å². The number of hydrogen-bond acceptors (Lipinski definition) is 3. The molecule has 0 saturated heterocycles. The lowest BCUT2D eigenvalue weighted by Crippen LogP contribution is -2.15. The quantitative estimate of drug-likeness (QED) is 0.680. The highest BCUT2D eigenvalue weighted by Crippen LogP contribution is 2.49. The SMILES string of the molecule is Cn1ccnc1C(=O)c1ccc(NC(=O)C2CC2c2ccccc2Cl)cc1. The second-order valence-corrected chi connectivity index (χ2v) is 7.13. The van der Waals surface area contributed by atoms with Crippen LogP contribution >= 0.6 is 11.6 Å². The number of benzene rings is 2. The van der Waals surface area contributed by atoms with Crippen LogP contribution < -0.4 is 5.32 Å². The number of anilines is 1. The third-order valence-corrected chi connectivity index (χ3v) is 5.22. The molecule has 1 fully saturated rings. The summed E-state index contributed by atoms with van der Waals surface area (Å²) in [7, 11) is 1.78. The molecule has 3 aromatic rings. The first kappa shape index (κ1) is 17.5. The first-order chi connectivity index (χ1) is 13.0. The molecule has 27 heavy (non-hydrogen) atoms. The maximum Gasteiger partial charge on any atom is 0.228 e. The van der Waals surface area contributed by atoms with Crippen molar-refractivity contribution in [1.82, 2.24) is 9.55 Å². The Labute approximate surface area is 162 Å². The molecule has 1 heterocycles. The largest absolute Gasteiger partial charge is 0.331 e. The Morgan fingerprint density at radius 2 is 1.89 bits per heavy atom. The van der Waals surface area contributed by atoms with Crippen LogP contribution in [0.3, 0.4) is 0 Å². The van der Waals surface area contributed by atoms with Crippen molar-refractivity contribution in [2.24, 2.45) is 13.0 Å². The lowest BCUT2D eigenvalue weighted by Gasteiger charge is -2.07. The molecule has 6 heteroatoms. The molecule has 5 nitrogen and oxygen atoms in total. The number of imidazole rings is 1. The average Bonchev–Trinajstić information content (AvgIpc) is 3.35. The topological polar surface area (TPSA) is 64.0 Å². The summed E-state index contributed by atoms with van der Waals surface area (Å²) in [5, 5.41) is 3.62. The van der Waals surface area contributed by atoms with Gasteiger partial charge < -0.3 is 9.88 Å². The predicted octanol–water partition coefficient (Wildman–Crippen LogP) is 4.05. The van der Waals surface area contributed by atoms with Crippen LogP contribution in [-0.4, -0.2) is 21.2 Å². The minimum atomic E-state index is -0.152. The number of carbonyl (C=O) groups is 2. The zero-order valence-corrected chi connectivity index (χ0v) is 15.5. The maximum absolute atomic E-state index is 12.5. The standard InChI is InChI=1S/C21H18ClN3O2/c1-25-11-10-23-20(25)19(26)13-6-8-14(9-7-13)24-21(27)17-12-16(17)15-4-2-3-5-18(15)22/h2-11,16-17H,12H2,1H3,(H,24,27). The van der Waals surface area contributed by atoms with Crippen LogP contribution in [0.1, 0.15) is 34.1 Å². The maximum atomic E-state index is 12.5. The van der Waals surface area contributed by atoms with Crippen molar-refractivity contribution in [3.63, 3.8) is 0 Å². The van der Waals surface area contributed by atoms with E-state index in [0.717, 1.165) is 12.0 Å². The highest BCUT2D eigenvalue weighted by molar-refractivity contribution is 6.31. The summed E-state index contributed by atoms with van der Waals surface area (Å²) in [5.41, 5.74) is 2.22. The van der Waals surface area contributed by atoms with E-state index in [1.54, 1.807) is 48.3 Å². The van der Waals surface area contributed by atoms with E-state index in [9.17, 15) is 9.59 Å². The molecule has 0 aliphatic heterocycles. The van der Waals surface area contributed by atoms with Gasteiger partial charge in [0.1, 0.15) is 0 Å². The molecule has 0 bridgehead atoms. The van der Waals surface area contributed by atoms with E-state index in [2.05, 4.69) is 10.3 Å². The third-order valence-electron chi connectivity index (χ3n) is 4.87. The molecule has 1 N–H and O–H groups in total. The number of ketones is 1. The lowest BCUT2D eigenvalue weighted by atomic mass is 10.1. The van der Waals surface area contributed by atoms with Gasteiger partial charge >= 0.3 is 0 Å². The lowest BCUT2D eigenvalue weighted by molar-refractivity contribution is -0.117. The van der Waals surface area contributed by atoms with E-state index in [1.165, 1.54) is 0 Å². The summed E-state index contributed by atoms with van der Waals surface area (Å²) in [6.45, 7) is 0. The first-order valence-corrected chi connectivity index (χ1v) is 9.10. The van der Waals surface area contributed by atoms with E-state index < -0.39 is 0 Å². The number of rotatable bonds is 5. The molecule has 4 rings (SSSR count). The monoisotopic (exact) mass is 379 g/mol. The zero-order chi connectivity index (χ0) is 19.0. The Morgan fingerprint density at radius 3 is 2.56 bits per heavy atom. The highest BCUT2D eigenvalue weighted by atomic mass is 35.5. The van der Waals surface area contributed by atoms with Crippen LogP contribution in [0.5, 0.6) is 0 Å². The van der Waals surface area contributed by atoms with Gasteiger partial charge in [-0.1, -0.05) is 29.8 Å². The van der Waals surface area contributed by atoms with Gasteiger partial charge in [0.25, 0.3) is 0 Å². The van der Waals surface area contributed by atoms with Gasteiger partial charge in [-0.2, -0.15) is 0 Å². The summed E-state index contributed by atoms with van der Waals surface area (Å²) in [4.78, 5) is 29.0. The molecule has 1 amide bonds. The summed E-state index contributed by atoms with van der Waals surface area (Å²) >= 11 is 6.22. The van der Waals surface area contributed by atoms with Crippen molar-refractivity contribution < 1.29 is 9.59 Å². The van der Waals surface area contributed by atoms with E-state index in [-0.39, 0.29) is 23.5 Å². The third kappa shape index (κ3) is 3.51. The van der Waals surface area contributed by atoms with Gasteiger partial charge in [0.15, 0.2) is 5.82 Å². The van der Waals surface area contributed by atoms with Gasteiger partial charge in [-0.3, -0.25) is 9.59 Å². The van der Waals surface area contributed by atoms with Gasteiger partial charge in [0, 0.05) is 41.6 Å². The fourth-order valence-electron chi connectivity index (χ4n) is 3.26. The van der Waals surface area contributed by atoms with Crippen LogP contribution in [0.2, 0.25) is 5.02 Å². The molecule has 136 valence electrons. The molecule has 2 atom stereocenters. The summed E-state index contributed by atoms with van der Waals surface area (Å²) in [6.07, 6.45) is 4.12. The number of halogens is 1. The zero-order valence-electron chi connectivity index (χ0n) is 14.7. The van der Waals surface area contributed by atoms with Crippen LogP contribution in [-0.2, 0) is 11.8 Å². The molecule has 1 saturated carbocycles. The molecular weight excluding hydrogens is 362 g/mol. The molecule has 1 aliphatic rings. The van der Waals surface area contributed by atoms with Crippen LogP contribution in [0.25, 0.3) is 0 Å². The molecule has 0 spiro atoms. The minimum Gasteiger partial charge on any atom is -0.331 e. The van der Waals surface area contributed by atoms with E-state index in [1.807, 2.05) is 24.3 Å². The Hall–Kier alpha value is -2.92. The minimum absolute atomic E-state index is 0.0249. The van der Waals surface area contributed by atoms with E-state index in [0.29, 0.717) is 22.1 Å². The van der Waals surface area contributed by atoms with Gasteiger partial charge in [-0.15, -0.1) is 0 Å². The van der Waals surface area contributed by atoms with Crippen molar-refractivity contribution in [2.45, 2.75) is 12.3 Å². The Morgan fingerprint density at radius 1 is 1.15 bits per heavy atom. The Bertz CT molecular complexity index is 1010. The number of carbonyl (C=O) groups excluding carboxylic acids is 2. The van der Waals surface area contributed by atoms with Crippen LogP contribution in [0, 0.1) is 5.92 Å². The van der Waals surface area contributed by atoms with Gasteiger partial charge in [-0.05, 0) is 48.2 Å². The van der Waals surface area contributed by atoms with Gasteiger partial charge in [0.05, 0.1) is 0 Å². The molecular formula is C21H18ClN3O2. The van der Waals surface area contributed by atoms with Crippen molar-refractivity contribution >= 4 is 29.0 Å². The number of aryl methyl sites for hydroxylation is 1. The van der Waals surface area contributed by atoms with Gasteiger partial charge in [0.2, 0.25) is 11.7 Å². The molecule has 1 aliphatic carbocycles. The molecule has 0 radical (unpaired) electrons. The Kier molecular flexibility index (Phi) is 4.54. The normalized spacial score (nSPS) is 18.1. The number of nitrogens with one attached hydrogen (secondary N) is 1. The fraction of sp³-hybridized carbons (Fsp3) is 0.190. The molecule has 1 aromatic heterocycles. The second-order valence-electron chi connectivity index (χ2n) is 6.73. The smallest absolute Gasteiger partial charge is 0.228 e. The van der Waals surface area contributed by atoms with E-state index >= 15 is 0 Å². The van der Waals surface area contributed by atoms with Crippen molar-refractivity contribution in [1.29, 1.82) is 0 Å². The van der Waals surface area contributed by atoms with Crippen LogP contribution in [0.4, 0.5) is 5.69 Å². The number of aromatic nitrogens is 2. The van der Waals surface area contributed by atoms with Crippen molar-refractivity contribution in [3.8, 4) is 0 Å². The van der Waals surface area contributed by atoms with Crippen molar-refractivity contribution in [3.05, 3.63) is 82.9 Å². The summed E-state index contributed by atoms with van der Waals surface area (Å²) < 4.78 is 1.68.